The Hall–Kier alpha value is -2.12. The Kier molecular flexibility index (Phi) is 9.23. The van der Waals surface area contributed by atoms with Gasteiger partial charge in [0, 0.05) is 32.3 Å². The number of hydrogen-bond acceptors (Lipinski definition) is 2. The fraction of sp³-hybridized carbons (Fsp3) is 0.182. The second-order valence-electron chi connectivity index (χ2n) is 6.17. The van der Waals surface area contributed by atoms with Crippen molar-refractivity contribution in [2.75, 3.05) is 13.6 Å². The normalized spacial score (nSPS) is 11.0. The van der Waals surface area contributed by atoms with E-state index in [1.807, 2.05) is 18.2 Å². The molecule has 0 spiro atoms. The second-order valence-corrected chi connectivity index (χ2v) is 6.56. The molecule has 0 aliphatic rings. The van der Waals surface area contributed by atoms with Crippen LogP contribution in [0.15, 0.2) is 84.0 Å². The van der Waals surface area contributed by atoms with Crippen molar-refractivity contribution in [1.82, 2.24) is 15.6 Å². The lowest BCUT2D eigenvalue weighted by Crippen LogP contribution is -2.39. The van der Waals surface area contributed by atoms with Crippen molar-refractivity contribution in [1.29, 1.82) is 0 Å². The Balaban J connectivity index is 0.00000280. The van der Waals surface area contributed by atoms with Crippen molar-refractivity contribution >= 4 is 41.5 Å². The lowest BCUT2D eigenvalue weighted by Gasteiger charge is -2.20. The van der Waals surface area contributed by atoms with E-state index in [2.05, 4.69) is 69.1 Å². The Morgan fingerprint density at radius 2 is 1.54 bits per heavy atom. The molecule has 0 saturated carbocycles. The van der Waals surface area contributed by atoms with Gasteiger partial charge in [0.05, 0.1) is 0 Å². The van der Waals surface area contributed by atoms with Crippen LogP contribution in [-0.2, 0) is 6.54 Å². The zero-order valence-corrected chi connectivity index (χ0v) is 18.8. The molecule has 0 saturated heterocycles. The van der Waals surface area contributed by atoms with Crippen molar-refractivity contribution < 1.29 is 0 Å². The molecule has 6 heteroatoms. The molecule has 0 aliphatic heterocycles. The van der Waals surface area contributed by atoms with Crippen LogP contribution in [0.2, 0.25) is 5.15 Å². The molecule has 0 aliphatic carbocycles. The molecule has 2 N–H and O–H groups in total. The number of nitrogens with one attached hydrogen (secondary N) is 2. The molecule has 0 fully saturated rings. The van der Waals surface area contributed by atoms with Gasteiger partial charge < -0.3 is 10.6 Å². The summed E-state index contributed by atoms with van der Waals surface area (Å²) in [5.41, 5.74) is 3.59. The van der Waals surface area contributed by atoms with Crippen LogP contribution < -0.4 is 10.6 Å². The van der Waals surface area contributed by atoms with Gasteiger partial charge in [-0.2, -0.15) is 0 Å². The maximum atomic E-state index is 5.84. The van der Waals surface area contributed by atoms with E-state index in [1.165, 1.54) is 11.1 Å². The minimum atomic E-state index is 0. The fourth-order valence-electron chi connectivity index (χ4n) is 2.91. The molecule has 4 nitrogen and oxygen atoms in total. The largest absolute Gasteiger partial charge is 0.355 e. The molecule has 28 heavy (non-hydrogen) atoms. The van der Waals surface area contributed by atoms with Crippen molar-refractivity contribution in [3.05, 3.63) is 101 Å². The van der Waals surface area contributed by atoms with Crippen LogP contribution in [-0.4, -0.2) is 24.5 Å². The van der Waals surface area contributed by atoms with Crippen LogP contribution in [0.4, 0.5) is 0 Å². The van der Waals surface area contributed by atoms with E-state index in [9.17, 15) is 0 Å². The van der Waals surface area contributed by atoms with Gasteiger partial charge >= 0.3 is 0 Å². The highest BCUT2D eigenvalue weighted by Gasteiger charge is 2.14. The molecule has 0 radical (unpaired) electrons. The molecule has 1 aromatic heterocycles. The Bertz CT molecular complexity index is 815. The Morgan fingerprint density at radius 3 is 2.04 bits per heavy atom. The number of pyridine rings is 1. The lowest BCUT2D eigenvalue weighted by molar-refractivity contribution is 0.727. The van der Waals surface area contributed by atoms with Gasteiger partial charge in [-0.3, -0.25) is 4.99 Å². The summed E-state index contributed by atoms with van der Waals surface area (Å²) in [6.07, 6.45) is 1.76. The summed E-state index contributed by atoms with van der Waals surface area (Å²) >= 11 is 5.84. The van der Waals surface area contributed by atoms with Gasteiger partial charge in [-0.25, -0.2) is 4.98 Å². The summed E-state index contributed by atoms with van der Waals surface area (Å²) in [5.74, 6) is 0.991. The van der Waals surface area contributed by atoms with Gasteiger partial charge in [-0.1, -0.05) is 78.3 Å². The Morgan fingerprint density at radius 1 is 0.929 bits per heavy atom. The van der Waals surface area contributed by atoms with Gasteiger partial charge in [0.1, 0.15) is 5.15 Å². The van der Waals surface area contributed by atoms with E-state index in [4.69, 9.17) is 11.6 Å². The fourth-order valence-corrected chi connectivity index (χ4v) is 3.03. The first-order valence-electron chi connectivity index (χ1n) is 8.91. The number of guanidine groups is 1. The molecular weight excluding hydrogens is 483 g/mol. The number of benzene rings is 2. The minimum Gasteiger partial charge on any atom is -0.355 e. The smallest absolute Gasteiger partial charge is 0.191 e. The predicted molar refractivity (Wildman–Crippen MR) is 128 cm³/mol. The zero-order chi connectivity index (χ0) is 18.9. The molecular formula is C22H24ClIN4. The first kappa shape index (κ1) is 22.2. The van der Waals surface area contributed by atoms with Gasteiger partial charge in [-0.05, 0) is 22.8 Å². The first-order chi connectivity index (χ1) is 13.3. The third-order valence-electron chi connectivity index (χ3n) is 4.35. The zero-order valence-electron chi connectivity index (χ0n) is 15.7. The van der Waals surface area contributed by atoms with E-state index >= 15 is 0 Å². The lowest BCUT2D eigenvalue weighted by atomic mass is 9.91. The topological polar surface area (TPSA) is 49.3 Å². The average molecular weight is 507 g/mol. The van der Waals surface area contributed by atoms with Crippen molar-refractivity contribution in [2.45, 2.75) is 12.5 Å². The summed E-state index contributed by atoms with van der Waals surface area (Å²) in [7, 11) is 1.77. The maximum Gasteiger partial charge on any atom is 0.191 e. The molecule has 3 rings (SSSR count). The molecule has 2 aromatic carbocycles. The van der Waals surface area contributed by atoms with Gasteiger partial charge in [0.2, 0.25) is 0 Å². The minimum absolute atomic E-state index is 0. The standard InChI is InChI=1S/C22H23ClN4.HI/c1-24-22(26-15-17-12-13-21(23)25-14-17)27-16-20(18-8-4-2-5-9-18)19-10-6-3-7-11-19;/h2-14,20H,15-16H2,1H3,(H2,24,26,27);1H. The SMILES string of the molecule is CN=C(NCc1ccc(Cl)nc1)NCC(c1ccccc1)c1ccccc1.I. The van der Waals surface area contributed by atoms with E-state index in [0.29, 0.717) is 11.7 Å². The molecule has 3 aromatic rings. The quantitative estimate of drug-likeness (QED) is 0.217. The van der Waals surface area contributed by atoms with E-state index in [1.54, 1.807) is 19.3 Å². The number of nitrogens with zero attached hydrogens (tertiary/aromatic N) is 2. The molecule has 0 atom stereocenters. The van der Waals surface area contributed by atoms with Crippen molar-refractivity contribution in [3.63, 3.8) is 0 Å². The summed E-state index contributed by atoms with van der Waals surface area (Å²) in [6.45, 7) is 1.37. The van der Waals surface area contributed by atoms with Crippen LogP contribution in [0.25, 0.3) is 0 Å². The second kappa shape index (κ2) is 11.7. The van der Waals surface area contributed by atoms with E-state index < -0.39 is 0 Å². The molecule has 0 amide bonds. The van der Waals surface area contributed by atoms with Crippen LogP contribution in [0, 0.1) is 0 Å². The summed E-state index contributed by atoms with van der Waals surface area (Å²) in [4.78, 5) is 8.43. The van der Waals surface area contributed by atoms with Crippen LogP contribution in [0.1, 0.15) is 22.6 Å². The average Bonchev–Trinajstić information content (AvgIpc) is 2.73. The van der Waals surface area contributed by atoms with Gasteiger partial charge in [-0.15, -0.1) is 24.0 Å². The van der Waals surface area contributed by atoms with Crippen molar-refractivity contribution in [3.8, 4) is 0 Å². The predicted octanol–water partition coefficient (Wildman–Crippen LogP) is 4.85. The Labute approximate surface area is 188 Å². The molecule has 0 unspecified atom stereocenters. The summed E-state index contributed by atoms with van der Waals surface area (Å²) in [6, 6.07) is 24.8. The monoisotopic (exact) mass is 506 g/mol. The number of hydrogen-bond donors (Lipinski definition) is 2. The number of aliphatic imine (C=N–C) groups is 1. The maximum absolute atomic E-state index is 5.84. The summed E-state index contributed by atoms with van der Waals surface area (Å²) < 4.78 is 0. The van der Waals surface area contributed by atoms with Crippen LogP contribution >= 0.6 is 35.6 Å². The molecule has 1 heterocycles. The third kappa shape index (κ3) is 6.49. The van der Waals surface area contributed by atoms with E-state index in [-0.39, 0.29) is 29.9 Å². The highest BCUT2D eigenvalue weighted by molar-refractivity contribution is 14.0. The van der Waals surface area contributed by atoms with Crippen LogP contribution in [0.3, 0.4) is 0 Å². The van der Waals surface area contributed by atoms with E-state index in [0.717, 1.165) is 18.1 Å². The van der Waals surface area contributed by atoms with Gasteiger partial charge in [0.15, 0.2) is 5.96 Å². The van der Waals surface area contributed by atoms with Crippen LogP contribution in [0.5, 0.6) is 0 Å². The molecule has 0 bridgehead atoms. The first-order valence-corrected chi connectivity index (χ1v) is 9.29. The number of halogens is 2. The third-order valence-corrected chi connectivity index (χ3v) is 4.57. The highest BCUT2D eigenvalue weighted by Crippen LogP contribution is 2.23. The number of rotatable bonds is 6. The van der Waals surface area contributed by atoms with Gasteiger partial charge in [0.25, 0.3) is 0 Å². The number of aromatic nitrogens is 1. The summed E-state index contributed by atoms with van der Waals surface area (Å²) in [5, 5.41) is 7.25. The van der Waals surface area contributed by atoms with Crippen molar-refractivity contribution in [2.24, 2.45) is 4.99 Å². The molecule has 146 valence electrons. The highest BCUT2D eigenvalue weighted by atomic mass is 127.